The Balaban J connectivity index is 2.30. The molecule has 0 aliphatic carbocycles. The van der Waals surface area contributed by atoms with Gasteiger partial charge in [-0.3, -0.25) is 0 Å². The number of aromatic amines is 1. The van der Waals surface area contributed by atoms with Gasteiger partial charge in [0.15, 0.2) is 5.95 Å². The highest BCUT2D eigenvalue weighted by molar-refractivity contribution is 5.34. The molecule has 2 rings (SSSR count). The van der Waals surface area contributed by atoms with E-state index in [2.05, 4.69) is 42.0 Å². The second-order valence-electron chi connectivity index (χ2n) is 4.37. The van der Waals surface area contributed by atoms with Crippen molar-refractivity contribution in [2.75, 3.05) is 5.73 Å². The Morgan fingerprint density at radius 1 is 1.12 bits per heavy atom. The topological polar surface area (TPSA) is 54.7 Å². The molecule has 0 saturated carbocycles. The lowest BCUT2D eigenvalue weighted by atomic mass is 10.0. The van der Waals surface area contributed by atoms with Crippen LogP contribution < -0.4 is 5.73 Å². The predicted octanol–water partition coefficient (Wildman–Crippen LogP) is 2.51. The van der Waals surface area contributed by atoms with Crippen molar-refractivity contribution in [2.24, 2.45) is 0 Å². The molecule has 3 nitrogen and oxygen atoms in total. The van der Waals surface area contributed by atoms with Crippen LogP contribution >= 0.6 is 0 Å². The number of benzene rings is 1. The second-order valence-corrected chi connectivity index (χ2v) is 4.37. The first-order valence-electron chi connectivity index (χ1n) is 5.43. The van der Waals surface area contributed by atoms with Crippen molar-refractivity contribution >= 4 is 5.95 Å². The zero-order chi connectivity index (χ0) is 11.7. The van der Waals surface area contributed by atoms with Crippen LogP contribution in [-0.2, 0) is 6.42 Å². The normalized spacial score (nSPS) is 10.7. The summed E-state index contributed by atoms with van der Waals surface area (Å²) < 4.78 is 0. The van der Waals surface area contributed by atoms with Crippen LogP contribution in [-0.4, -0.2) is 9.97 Å². The molecule has 0 unspecified atom stereocenters. The second kappa shape index (κ2) is 4.00. The maximum atomic E-state index is 5.63. The summed E-state index contributed by atoms with van der Waals surface area (Å²) in [7, 11) is 0. The first-order chi connectivity index (χ1) is 7.54. The van der Waals surface area contributed by atoms with Crippen LogP contribution in [0.2, 0.25) is 0 Å². The van der Waals surface area contributed by atoms with Crippen LogP contribution in [0.1, 0.15) is 28.1 Å². The molecular weight excluding hydrogens is 198 g/mol. The number of rotatable bonds is 2. The summed E-state index contributed by atoms with van der Waals surface area (Å²) in [4.78, 5) is 7.31. The summed E-state index contributed by atoms with van der Waals surface area (Å²) in [6.45, 7) is 6.23. The summed E-state index contributed by atoms with van der Waals surface area (Å²) >= 11 is 0. The van der Waals surface area contributed by atoms with Crippen LogP contribution in [0.25, 0.3) is 0 Å². The largest absolute Gasteiger partial charge is 0.369 e. The average molecular weight is 215 g/mol. The van der Waals surface area contributed by atoms with Crippen molar-refractivity contribution in [3.05, 3.63) is 46.3 Å². The van der Waals surface area contributed by atoms with Gasteiger partial charge in [0.25, 0.3) is 0 Å². The van der Waals surface area contributed by atoms with Crippen LogP contribution in [0.4, 0.5) is 5.95 Å². The van der Waals surface area contributed by atoms with Gasteiger partial charge < -0.3 is 10.7 Å². The average Bonchev–Trinajstić information content (AvgIpc) is 2.43. The van der Waals surface area contributed by atoms with Crippen LogP contribution in [0.3, 0.4) is 0 Å². The van der Waals surface area contributed by atoms with E-state index in [-0.39, 0.29) is 0 Å². The lowest BCUT2D eigenvalue weighted by molar-refractivity contribution is 1.07. The molecule has 1 aromatic heterocycles. The van der Waals surface area contributed by atoms with Crippen molar-refractivity contribution in [3.8, 4) is 0 Å². The molecule has 1 heterocycles. The number of hydrogen-bond acceptors (Lipinski definition) is 2. The zero-order valence-corrected chi connectivity index (χ0v) is 9.96. The molecule has 0 saturated heterocycles. The Labute approximate surface area is 95.7 Å². The Morgan fingerprint density at radius 2 is 1.75 bits per heavy atom. The third-order valence-corrected chi connectivity index (χ3v) is 2.66. The maximum Gasteiger partial charge on any atom is 0.197 e. The standard InChI is InChI=1S/C13H17N3/c1-8-4-9(2)6-11(5-8)7-12-10(3)15-13(14)16-12/h4-6H,7H2,1-3H3,(H3,14,15,16). The fourth-order valence-electron chi connectivity index (χ4n) is 2.06. The van der Waals surface area contributed by atoms with E-state index >= 15 is 0 Å². The van der Waals surface area contributed by atoms with Gasteiger partial charge in [-0.05, 0) is 26.3 Å². The molecular formula is C13H17N3. The van der Waals surface area contributed by atoms with Crippen molar-refractivity contribution in [3.63, 3.8) is 0 Å². The third-order valence-electron chi connectivity index (χ3n) is 2.66. The third kappa shape index (κ3) is 2.24. The number of nitrogens with zero attached hydrogens (tertiary/aromatic N) is 1. The molecule has 0 bridgehead atoms. The Bertz CT molecular complexity index is 492. The van der Waals surface area contributed by atoms with E-state index in [0.29, 0.717) is 5.95 Å². The number of aryl methyl sites for hydroxylation is 3. The van der Waals surface area contributed by atoms with Crippen molar-refractivity contribution in [1.29, 1.82) is 0 Å². The van der Waals surface area contributed by atoms with Gasteiger partial charge in [-0.15, -0.1) is 0 Å². The first-order valence-corrected chi connectivity index (χ1v) is 5.43. The minimum atomic E-state index is 0.497. The number of nitrogens with one attached hydrogen (secondary N) is 1. The molecule has 0 aliphatic heterocycles. The number of hydrogen-bond donors (Lipinski definition) is 2. The number of imidazole rings is 1. The molecule has 2 aromatic rings. The monoisotopic (exact) mass is 215 g/mol. The Kier molecular flexibility index (Phi) is 2.69. The smallest absolute Gasteiger partial charge is 0.197 e. The number of nitrogen functional groups attached to an aromatic ring is 1. The number of aromatic nitrogens is 2. The summed E-state index contributed by atoms with van der Waals surface area (Å²) in [5, 5.41) is 0. The van der Waals surface area contributed by atoms with Crippen LogP contribution in [0.15, 0.2) is 18.2 Å². The quantitative estimate of drug-likeness (QED) is 0.808. The van der Waals surface area contributed by atoms with Gasteiger partial charge in [0.05, 0.1) is 5.69 Å². The molecule has 0 radical (unpaired) electrons. The van der Waals surface area contributed by atoms with E-state index < -0.39 is 0 Å². The van der Waals surface area contributed by atoms with E-state index in [1.165, 1.54) is 16.7 Å². The summed E-state index contributed by atoms with van der Waals surface area (Å²) in [6, 6.07) is 6.56. The fraction of sp³-hybridized carbons (Fsp3) is 0.308. The van der Waals surface area contributed by atoms with Crippen molar-refractivity contribution in [1.82, 2.24) is 9.97 Å². The van der Waals surface area contributed by atoms with E-state index in [0.717, 1.165) is 17.8 Å². The Morgan fingerprint density at radius 3 is 2.25 bits per heavy atom. The van der Waals surface area contributed by atoms with Crippen LogP contribution in [0.5, 0.6) is 0 Å². The highest BCUT2D eigenvalue weighted by Gasteiger charge is 2.06. The van der Waals surface area contributed by atoms with Gasteiger partial charge >= 0.3 is 0 Å². The minimum Gasteiger partial charge on any atom is -0.369 e. The lowest BCUT2D eigenvalue weighted by Crippen LogP contribution is -1.93. The van der Waals surface area contributed by atoms with Gasteiger partial charge in [0, 0.05) is 12.1 Å². The van der Waals surface area contributed by atoms with Crippen molar-refractivity contribution < 1.29 is 0 Å². The lowest BCUT2D eigenvalue weighted by Gasteiger charge is -2.03. The summed E-state index contributed by atoms with van der Waals surface area (Å²) in [5.41, 5.74) is 11.6. The molecule has 3 heteroatoms. The molecule has 1 aromatic carbocycles. The van der Waals surface area contributed by atoms with E-state index in [9.17, 15) is 0 Å². The number of H-pyrrole nitrogens is 1. The van der Waals surface area contributed by atoms with Crippen molar-refractivity contribution in [2.45, 2.75) is 27.2 Å². The van der Waals surface area contributed by atoms with Gasteiger partial charge in [0.1, 0.15) is 0 Å². The molecule has 0 fully saturated rings. The minimum absolute atomic E-state index is 0.497. The molecule has 0 spiro atoms. The predicted molar refractivity (Wildman–Crippen MR) is 66.5 cm³/mol. The zero-order valence-electron chi connectivity index (χ0n) is 9.96. The summed E-state index contributed by atoms with van der Waals surface area (Å²) in [6.07, 6.45) is 0.835. The Hall–Kier alpha value is -1.77. The molecule has 0 aliphatic rings. The number of nitrogens with two attached hydrogens (primary N) is 1. The molecule has 16 heavy (non-hydrogen) atoms. The van der Waals surface area contributed by atoms with Gasteiger partial charge in [-0.1, -0.05) is 29.3 Å². The molecule has 3 N–H and O–H groups in total. The van der Waals surface area contributed by atoms with E-state index in [1.807, 2.05) is 6.92 Å². The molecule has 0 atom stereocenters. The molecule has 84 valence electrons. The van der Waals surface area contributed by atoms with Gasteiger partial charge in [-0.2, -0.15) is 0 Å². The maximum absolute atomic E-state index is 5.63. The van der Waals surface area contributed by atoms with E-state index in [1.54, 1.807) is 0 Å². The SMILES string of the molecule is Cc1cc(C)cc(Cc2nc(N)[nH]c2C)c1. The number of anilines is 1. The van der Waals surface area contributed by atoms with E-state index in [4.69, 9.17) is 5.73 Å². The highest BCUT2D eigenvalue weighted by atomic mass is 15.0. The fourth-order valence-corrected chi connectivity index (χ4v) is 2.06. The van der Waals surface area contributed by atoms with Crippen LogP contribution in [0, 0.1) is 20.8 Å². The highest BCUT2D eigenvalue weighted by Crippen LogP contribution is 2.15. The molecule has 0 amide bonds. The first kappa shape index (κ1) is 10.7. The summed E-state index contributed by atoms with van der Waals surface area (Å²) in [5.74, 6) is 0.497. The van der Waals surface area contributed by atoms with Gasteiger partial charge in [0.2, 0.25) is 0 Å². The van der Waals surface area contributed by atoms with Gasteiger partial charge in [-0.25, -0.2) is 4.98 Å².